The lowest BCUT2D eigenvalue weighted by Crippen LogP contribution is -2.13. The summed E-state index contributed by atoms with van der Waals surface area (Å²) in [5.41, 5.74) is 0.428. The summed E-state index contributed by atoms with van der Waals surface area (Å²) < 4.78 is 9.07. The fraction of sp³-hybridized carbons (Fsp3) is 0.250. The lowest BCUT2D eigenvalue weighted by atomic mass is 10.0. The number of aliphatic carboxylic acids is 1. The van der Waals surface area contributed by atoms with Crippen LogP contribution in [0, 0.1) is 0 Å². The monoisotopic (exact) mass is 252 g/mol. The first-order valence-electron chi connectivity index (χ1n) is 5.01. The van der Waals surface area contributed by atoms with E-state index in [9.17, 15) is 14.4 Å². The van der Waals surface area contributed by atoms with Crippen molar-refractivity contribution in [3.63, 3.8) is 0 Å². The Morgan fingerprint density at radius 2 is 1.61 bits per heavy atom. The van der Waals surface area contributed by atoms with E-state index in [1.165, 1.54) is 32.4 Å². The molecule has 0 aliphatic rings. The van der Waals surface area contributed by atoms with E-state index in [0.717, 1.165) is 0 Å². The summed E-state index contributed by atoms with van der Waals surface area (Å²) in [6.07, 6.45) is -0.245. The predicted octanol–water partition coefficient (Wildman–Crippen LogP) is 0.887. The lowest BCUT2D eigenvalue weighted by molar-refractivity contribution is -0.136. The van der Waals surface area contributed by atoms with Crippen molar-refractivity contribution >= 4 is 17.9 Å². The van der Waals surface area contributed by atoms with Crippen LogP contribution < -0.4 is 0 Å². The summed E-state index contributed by atoms with van der Waals surface area (Å²) in [7, 11) is 2.36. The Morgan fingerprint density at radius 1 is 1.06 bits per heavy atom. The van der Waals surface area contributed by atoms with E-state index in [-0.39, 0.29) is 17.5 Å². The van der Waals surface area contributed by atoms with Crippen molar-refractivity contribution in [2.75, 3.05) is 14.2 Å². The van der Waals surface area contributed by atoms with E-state index in [4.69, 9.17) is 5.11 Å². The highest BCUT2D eigenvalue weighted by Crippen LogP contribution is 2.15. The highest BCUT2D eigenvalue weighted by atomic mass is 16.5. The molecule has 1 rings (SSSR count). The molecule has 0 amide bonds. The molecule has 6 nitrogen and oxygen atoms in total. The van der Waals surface area contributed by atoms with Crippen LogP contribution in [0.1, 0.15) is 26.3 Å². The fourth-order valence-electron chi connectivity index (χ4n) is 1.44. The van der Waals surface area contributed by atoms with E-state index < -0.39 is 17.9 Å². The fourth-order valence-corrected chi connectivity index (χ4v) is 1.44. The van der Waals surface area contributed by atoms with E-state index in [2.05, 4.69) is 9.47 Å². The number of rotatable bonds is 4. The third-order valence-electron chi connectivity index (χ3n) is 2.25. The van der Waals surface area contributed by atoms with Crippen LogP contribution in [-0.2, 0) is 20.7 Å². The van der Waals surface area contributed by atoms with E-state index in [1.807, 2.05) is 0 Å². The van der Waals surface area contributed by atoms with Crippen LogP contribution in [0.5, 0.6) is 0 Å². The van der Waals surface area contributed by atoms with Crippen molar-refractivity contribution in [3.05, 3.63) is 34.9 Å². The topological polar surface area (TPSA) is 89.9 Å². The SMILES string of the molecule is COC(=O)c1ccc(CC(=O)O)cc1C(=O)OC. The number of carboxylic acids is 1. The van der Waals surface area contributed by atoms with Crippen LogP contribution >= 0.6 is 0 Å². The van der Waals surface area contributed by atoms with Gasteiger partial charge in [0.05, 0.1) is 31.8 Å². The molecule has 0 radical (unpaired) electrons. The van der Waals surface area contributed by atoms with Gasteiger partial charge in [0.15, 0.2) is 0 Å². The van der Waals surface area contributed by atoms with Crippen LogP contribution in [0.3, 0.4) is 0 Å². The van der Waals surface area contributed by atoms with Crippen LogP contribution in [-0.4, -0.2) is 37.2 Å². The van der Waals surface area contributed by atoms with E-state index in [0.29, 0.717) is 5.56 Å². The number of hydrogen-bond acceptors (Lipinski definition) is 5. The number of ether oxygens (including phenoxy) is 2. The molecule has 0 aliphatic heterocycles. The molecular weight excluding hydrogens is 240 g/mol. The van der Waals surface area contributed by atoms with Crippen molar-refractivity contribution in [2.45, 2.75) is 6.42 Å². The molecule has 0 saturated heterocycles. The first kappa shape index (κ1) is 13.7. The minimum atomic E-state index is -1.03. The van der Waals surface area contributed by atoms with Crippen molar-refractivity contribution in [3.8, 4) is 0 Å². The number of methoxy groups -OCH3 is 2. The number of carbonyl (C=O) groups excluding carboxylic acids is 2. The Hall–Kier alpha value is -2.37. The molecule has 0 fully saturated rings. The highest BCUT2D eigenvalue weighted by Gasteiger charge is 2.19. The van der Waals surface area contributed by atoms with Gasteiger partial charge in [-0.2, -0.15) is 0 Å². The Bertz CT molecular complexity index is 491. The molecule has 1 aromatic rings. The van der Waals surface area contributed by atoms with Crippen molar-refractivity contribution in [1.29, 1.82) is 0 Å². The number of hydrogen-bond donors (Lipinski definition) is 1. The molecule has 0 spiro atoms. The van der Waals surface area contributed by atoms with E-state index in [1.54, 1.807) is 0 Å². The van der Waals surface area contributed by atoms with Gasteiger partial charge in [0.2, 0.25) is 0 Å². The Morgan fingerprint density at radius 3 is 2.11 bits per heavy atom. The first-order valence-corrected chi connectivity index (χ1v) is 5.01. The molecule has 96 valence electrons. The van der Waals surface area contributed by atoms with Gasteiger partial charge in [-0.25, -0.2) is 9.59 Å². The standard InChI is InChI=1S/C12H12O6/c1-17-11(15)8-4-3-7(6-10(13)14)5-9(8)12(16)18-2/h3-5H,6H2,1-2H3,(H,13,14). The van der Waals surface area contributed by atoms with Gasteiger partial charge < -0.3 is 14.6 Å². The minimum absolute atomic E-state index is 0.0110. The summed E-state index contributed by atoms with van der Waals surface area (Å²) in [5, 5.41) is 8.67. The lowest BCUT2D eigenvalue weighted by Gasteiger charge is -2.07. The van der Waals surface area contributed by atoms with Gasteiger partial charge >= 0.3 is 17.9 Å². The van der Waals surface area contributed by atoms with Crippen molar-refractivity contribution < 1.29 is 29.0 Å². The number of carboxylic acid groups (broad SMARTS) is 1. The van der Waals surface area contributed by atoms with Crippen LogP contribution in [0.25, 0.3) is 0 Å². The quantitative estimate of drug-likeness (QED) is 0.800. The number of esters is 2. The summed E-state index contributed by atoms with van der Waals surface area (Å²) >= 11 is 0. The maximum Gasteiger partial charge on any atom is 0.338 e. The number of benzene rings is 1. The Balaban J connectivity index is 3.24. The number of carbonyl (C=O) groups is 3. The van der Waals surface area contributed by atoms with Crippen LogP contribution in [0.2, 0.25) is 0 Å². The van der Waals surface area contributed by atoms with Crippen LogP contribution in [0.4, 0.5) is 0 Å². The zero-order chi connectivity index (χ0) is 13.7. The summed E-state index contributed by atoms with van der Waals surface area (Å²) in [5.74, 6) is -2.43. The first-order chi connectivity index (χ1) is 8.49. The van der Waals surface area contributed by atoms with Crippen molar-refractivity contribution in [2.24, 2.45) is 0 Å². The van der Waals surface area contributed by atoms with Gasteiger partial charge in [0, 0.05) is 0 Å². The maximum atomic E-state index is 11.5. The second kappa shape index (κ2) is 5.81. The molecule has 0 aromatic heterocycles. The summed E-state index contributed by atoms with van der Waals surface area (Å²) in [6.45, 7) is 0. The predicted molar refractivity (Wildman–Crippen MR) is 60.5 cm³/mol. The molecule has 0 unspecified atom stereocenters. The third kappa shape index (κ3) is 3.07. The second-order valence-electron chi connectivity index (χ2n) is 3.43. The molecule has 18 heavy (non-hydrogen) atoms. The average molecular weight is 252 g/mol. The zero-order valence-corrected chi connectivity index (χ0v) is 9.93. The second-order valence-corrected chi connectivity index (χ2v) is 3.43. The molecular formula is C12H12O6. The molecule has 0 atom stereocenters. The minimum Gasteiger partial charge on any atom is -0.481 e. The zero-order valence-electron chi connectivity index (χ0n) is 9.93. The van der Waals surface area contributed by atoms with E-state index >= 15 is 0 Å². The summed E-state index contributed by atoms with van der Waals surface area (Å²) in [4.78, 5) is 33.5. The largest absolute Gasteiger partial charge is 0.481 e. The molecule has 1 aromatic carbocycles. The highest BCUT2D eigenvalue weighted by molar-refractivity contribution is 6.03. The molecule has 0 heterocycles. The molecule has 6 heteroatoms. The van der Waals surface area contributed by atoms with Gasteiger partial charge in [-0.1, -0.05) is 6.07 Å². The van der Waals surface area contributed by atoms with Gasteiger partial charge in [-0.05, 0) is 17.7 Å². The normalized spacial score (nSPS) is 9.67. The van der Waals surface area contributed by atoms with Gasteiger partial charge in [-0.3, -0.25) is 4.79 Å². The molecule has 0 bridgehead atoms. The smallest absolute Gasteiger partial charge is 0.338 e. The third-order valence-corrected chi connectivity index (χ3v) is 2.25. The van der Waals surface area contributed by atoms with Gasteiger partial charge in [0.25, 0.3) is 0 Å². The van der Waals surface area contributed by atoms with Gasteiger partial charge in [-0.15, -0.1) is 0 Å². The van der Waals surface area contributed by atoms with Gasteiger partial charge in [0.1, 0.15) is 0 Å². The molecule has 0 saturated carbocycles. The Kier molecular flexibility index (Phi) is 4.42. The van der Waals surface area contributed by atoms with Crippen molar-refractivity contribution in [1.82, 2.24) is 0 Å². The maximum absolute atomic E-state index is 11.5. The Labute approximate surface area is 103 Å². The average Bonchev–Trinajstić information content (AvgIpc) is 2.36. The molecule has 1 N–H and O–H groups in total. The molecule has 0 aliphatic carbocycles. The van der Waals surface area contributed by atoms with Crippen LogP contribution in [0.15, 0.2) is 18.2 Å². The summed E-state index contributed by atoms with van der Waals surface area (Å²) in [6, 6.07) is 4.11.